The van der Waals surface area contributed by atoms with Gasteiger partial charge in [-0.05, 0) is 19.1 Å². The molecule has 16 heavy (non-hydrogen) atoms. The van der Waals surface area contributed by atoms with E-state index in [1.165, 1.54) is 0 Å². The second-order valence-corrected chi connectivity index (χ2v) is 3.20. The van der Waals surface area contributed by atoms with Crippen molar-refractivity contribution in [3.8, 4) is 0 Å². The van der Waals surface area contributed by atoms with Gasteiger partial charge in [0.2, 0.25) is 0 Å². The van der Waals surface area contributed by atoms with Gasteiger partial charge in [-0.1, -0.05) is 5.21 Å². The minimum atomic E-state index is -0.292. The maximum Gasteiger partial charge on any atom is 0.251 e. The SMILES string of the molecule is CC(NC(=O)c1ccncc1)c1nn[nH]n1. The number of rotatable bonds is 3. The lowest BCUT2D eigenvalue weighted by Crippen LogP contribution is -2.27. The first-order valence-electron chi connectivity index (χ1n) is 4.71. The lowest BCUT2D eigenvalue weighted by Gasteiger charge is -2.09. The maximum absolute atomic E-state index is 11.7. The number of nitrogens with zero attached hydrogens (tertiary/aromatic N) is 4. The van der Waals surface area contributed by atoms with E-state index in [9.17, 15) is 4.79 Å². The van der Waals surface area contributed by atoms with Gasteiger partial charge in [-0.2, -0.15) is 5.21 Å². The predicted molar refractivity (Wildman–Crippen MR) is 54.3 cm³/mol. The third-order valence-corrected chi connectivity index (χ3v) is 2.04. The Morgan fingerprint density at radius 1 is 1.44 bits per heavy atom. The van der Waals surface area contributed by atoms with Crippen LogP contribution in [0.3, 0.4) is 0 Å². The Labute approximate surface area is 91.3 Å². The fourth-order valence-electron chi connectivity index (χ4n) is 1.20. The molecule has 0 saturated heterocycles. The molecule has 1 atom stereocenters. The third kappa shape index (κ3) is 2.19. The lowest BCUT2D eigenvalue weighted by molar-refractivity contribution is 0.0938. The van der Waals surface area contributed by atoms with Crippen molar-refractivity contribution in [3.63, 3.8) is 0 Å². The first-order valence-corrected chi connectivity index (χ1v) is 4.71. The van der Waals surface area contributed by atoms with E-state index in [1.54, 1.807) is 31.5 Å². The van der Waals surface area contributed by atoms with E-state index in [4.69, 9.17) is 0 Å². The largest absolute Gasteiger partial charge is 0.342 e. The van der Waals surface area contributed by atoms with E-state index >= 15 is 0 Å². The Bertz CT molecular complexity index is 454. The average molecular weight is 218 g/mol. The lowest BCUT2D eigenvalue weighted by atomic mass is 10.2. The molecule has 0 aliphatic carbocycles. The summed E-state index contributed by atoms with van der Waals surface area (Å²) in [5.41, 5.74) is 0.547. The Balaban J connectivity index is 2.03. The van der Waals surface area contributed by atoms with Crippen molar-refractivity contribution in [1.29, 1.82) is 0 Å². The van der Waals surface area contributed by atoms with Crippen molar-refractivity contribution in [2.24, 2.45) is 0 Å². The summed E-state index contributed by atoms with van der Waals surface area (Å²) in [5, 5.41) is 16.1. The summed E-state index contributed by atoms with van der Waals surface area (Å²) in [6, 6.07) is 2.98. The molecular formula is C9H10N6O. The molecule has 0 bridgehead atoms. The van der Waals surface area contributed by atoms with Crippen LogP contribution in [0.4, 0.5) is 0 Å². The normalized spacial score (nSPS) is 12.1. The first kappa shape index (κ1) is 10.2. The van der Waals surface area contributed by atoms with Crippen LogP contribution in [0.5, 0.6) is 0 Å². The molecule has 1 amide bonds. The van der Waals surface area contributed by atoms with Gasteiger partial charge < -0.3 is 5.32 Å². The van der Waals surface area contributed by atoms with E-state index in [1.807, 2.05) is 0 Å². The highest BCUT2D eigenvalue weighted by Gasteiger charge is 2.14. The minimum Gasteiger partial charge on any atom is -0.342 e. The molecule has 2 aromatic heterocycles. The van der Waals surface area contributed by atoms with Gasteiger partial charge >= 0.3 is 0 Å². The zero-order chi connectivity index (χ0) is 11.4. The second kappa shape index (κ2) is 4.47. The number of hydrogen-bond acceptors (Lipinski definition) is 5. The summed E-state index contributed by atoms with van der Waals surface area (Å²) in [4.78, 5) is 15.6. The molecule has 0 saturated carbocycles. The molecule has 2 rings (SSSR count). The van der Waals surface area contributed by atoms with Gasteiger partial charge in [-0.3, -0.25) is 9.78 Å². The molecular weight excluding hydrogens is 208 g/mol. The van der Waals surface area contributed by atoms with Crippen LogP contribution < -0.4 is 5.32 Å². The van der Waals surface area contributed by atoms with E-state index in [-0.39, 0.29) is 11.9 Å². The molecule has 82 valence electrons. The number of aromatic amines is 1. The van der Waals surface area contributed by atoms with Crippen molar-refractivity contribution in [2.45, 2.75) is 13.0 Å². The first-order chi connectivity index (χ1) is 7.77. The summed E-state index contributed by atoms with van der Waals surface area (Å²) in [6.07, 6.45) is 3.13. The molecule has 0 aliphatic heterocycles. The number of amides is 1. The van der Waals surface area contributed by atoms with Crippen LogP contribution in [0.2, 0.25) is 0 Å². The van der Waals surface area contributed by atoms with E-state index in [0.29, 0.717) is 11.4 Å². The van der Waals surface area contributed by atoms with Gasteiger partial charge in [-0.25, -0.2) is 0 Å². The Morgan fingerprint density at radius 2 is 2.19 bits per heavy atom. The Kier molecular flexibility index (Phi) is 2.86. The standard InChI is InChI=1S/C9H10N6O/c1-6(8-12-14-15-13-8)11-9(16)7-2-4-10-5-3-7/h2-6H,1H3,(H,11,16)(H,12,13,14,15). The van der Waals surface area contributed by atoms with Gasteiger partial charge in [0.05, 0.1) is 6.04 Å². The number of hydrogen-bond donors (Lipinski definition) is 2. The number of aromatic nitrogens is 5. The molecule has 0 aromatic carbocycles. The van der Waals surface area contributed by atoms with Crippen molar-refractivity contribution in [3.05, 3.63) is 35.9 Å². The summed E-state index contributed by atoms with van der Waals surface area (Å²) >= 11 is 0. The fourth-order valence-corrected chi connectivity index (χ4v) is 1.20. The minimum absolute atomic E-state index is 0.195. The van der Waals surface area contributed by atoms with Crippen molar-refractivity contribution < 1.29 is 4.79 Å². The van der Waals surface area contributed by atoms with E-state index in [0.717, 1.165) is 0 Å². The molecule has 0 aliphatic rings. The third-order valence-electron chi connectivity index (χ3n) is 2.04. The van der Waals surface area contributed by atoms with Gasteiger partial charge in [0.25, 0.3) is 5.91 Å². The van der Waals surface area contributed by atoms with Crippen molar-refractivity contribution >= 4 is 5.91 Å². The summed E-state index contributed by atoms with van der Waals surface area (Å²) in [5.74, 6) is 0.252. The van der Waals surface area contributed by atoms with E-state index < -0.39 is 0 Å². The molecule has 2 aromatic rings. The van der Waals surface area contributed by atoms with Crippen LogP contribution in [0, 0.1) is 0 Å². The Hall–Kier alpha value is -2.31. The van der Waals surface area contributed by atoms with Gasteiger partial charge in [0.1, 0.15) is 0 Å². The molecule has 0 fully saturated rings. The topological polar surface area (TPSA) is 96.5 Å². The monoisotopic (exact) mass is 218 g/mol. The number of pyridine rings is 1. The predicted octanol–water partition coefficient (Wildman–Crippen LogP) is 0.0857. The highest BCUT2D eigenvalue weighted by Crippen LogP contribution is 2.05. The average Bonchev–Trinajstić information content (AvgIpc) is 2.83. The van der Waals surface area contributed by atoms with Crippen LogP contribution in [0.25, 0.3) is 0 Å². The molecule has 7 nitrogen and oxygen atoms in total. The molecule has 2 N–H and O–H groups in total. The number of tetrazole rings is 1. The fraction of sp³-hybridized carbons (Fsp3) is 0.222. The van der Waals surface area contributed by atoms with Gasteiger partial charge in [-0.15, -0.1) is 10.2 Å². The van der Waals surface area contributed by atoms with Crippen LogP contribution in [0.1, 0.15) is 29.1 Å². The number of carbonyl (C=O) groups excluding carboxylic acids is 1. The molecule has 0 spiro atoms. The number of nitrogens with one attached hydrogen (secondary N) is 2. The van der Waals surface area contributed by atoms with Crippen LogP contribution in [-0.4, -0.2) is 31.5 Å². The van der Waals surface area contributed by atoms with Crippen molar-refractivity contribution in [1.82, 2.24) is 30.9 Å². The summed E-state index contributed by atoms with van der Waals surface area (Å²) in [7, 11) is 0. The maximum atomic E-state index is 11.7. The number of H-pyrrole nitrogens is 1. The Morgan fingerprint density at radius 3 is 2.81 bits per heavy atom. The molecule has 7 heteroatoms. The quantitative estimate of drug-likeness (QED) is 0.760. The molecule has 2 heterocycles. The van der Waals surface area contributed by atoms with Gasteiger partial charge in [0.15, 0.2) is 5.82 Å². The summed E-state index contributed by atoms with van der Waals surface area (Å²) in [6.45, 7) is 1.78. The van der Waals surface area contributed by atoms with Crippen LogP contribution >= 0.6 is 0 Å². The second-order valence-electron chi connectivity index (χ2n) is 3.20. The highest BCUT2D eigenvalue weighted by atomic mass is 16.1. The zero-order valence-corrected chi connectivity index (χ0v) is 8.58. The van der Waals surface area contributed by atoms with Crippen LogP contribution in [0.15, 0.2) is 24.5 Å². The van der Waals surface area contributed by atoms with Crippen LogP contribution in [-0.2, 0) is 0 Å². The number of carbonyl (C=O) groups is 1. The zero-order valence-electron chi connectivity index (χ0n) is 8.58. The van der Waals surface area contributed by atoms with E-state index in [2.05, 4.69) is 30.9 Å². The highest BCUT2D eigenvalue weighted by molar-refractivity contribution is 5.94. The van der Waals surface area contributed by atoms with Gasteiger partial charge in [0, 0.05) is 18.0 Å². The summed E-state index contributed by atoms with van der Waals surface area (Å²) < 4.78 is 0. The molecule has 1 unspecified atom stereocenters. The smallest absolute Gasteiger partial charge is 0.251 e. The molecule has 0 radical (unpaired) electrons. The van der Waals surface area contributed by atoms with Crippen molar-refractivity contribution in [2.75, 3.05) is 0 Å².